The van der Waals surface area contributed by atoms with Crippen molar-refractivity contribution in [2.75, 3.05) is 20.8 Å². The van der Waals surface area contributed by atoms with Crippen LogP contribution in [0.3, 0.4) is 0 Å². The van der Waals surface area contributed by atoms with Crippen molar-refractivity contribution in [1.82, 2.24) is 4.72 Å². The molecule has 2 aromatic rings. The number of nitrogens with one attached hydrogen (secondary N) is 1. The summed E-state index contributed by atoms with van der Waals surface area (Å²) in [6.07, 6.45) is 1.52. The van der Waals surface area contributed by atoms with Crippen LogP contribution in [-0.4, -0.2) is 29.2 Å². The number of sulfonamides is 1. The van der Waals surface area contributed by atoms with Crippen molar-refractivity contribution in [2.24, 2.45) is 0 Å². The van der Waals surface area contributed by atoms with E-state index in [2.05, 4.69) is 11.6 Å². The van der Waals surface area contributed by atoms with E-state index in [0.717, 1.165) is 24.0 Å². The Morgan fingerprint density at radius 3 is 2.32 bits per heavy atom. The van der Waals surface area contributed by atoms with Crippen molar-refractivity contribution in [2.45, 2.75) is 30.8 Å². The minimum atomic E-state index is -3.60. The van der Waals surface area contributed by atoms with Crippen molar-refractivity contribution in [1.29, 1.82) is 0 Å². The van der Waals surface area contributed by atoms with Crippen LogP contribution in [0.4, 0.5) is 0 Å². The van der Waals surface area contributed by atoms with E-state index < -0.39 is 16.1 Å². The third kappa shape index (κ3) is 5.04. The molecule has 1 unspecified atom stereocenters. The van der Waals surface area contributed by atoms with E-state index in [9.17, 15) is 8.42 Å². The second kappa shape index (κ2) is 8.99. The Kier molecular flexibility index (Phi) is 6.99. The summed E-state index contributed by atoms with van der Waals surface area (Å²) in [7, 11) is -0.472. The highest BCUT2D eigenvalue weighted by atomic mass is 32.2. The van der Waals surface area contributed by atoms with Gasteiger partial charge < -0.3 is 9.47 Å². The molecular weight excluding hydrogens is 338 g/mol. The Balaban J connectivity index is 2.11. The van der Waals surface area contributed by atoms with Crippen LogP contribution in [0, 0.1) is 0 Å². The first-order valence-corrected chi connectivity index (χ1v) is 9.74. The van der Waals surface area contributed by atoms with Crippen LogP contribution >= 0.6 is 0 Å². The van der Waals surface area contributed by atoms with Crippen LogP contribution in [0.15, 0.2) is 53.4 Å². The van der Waals surface area contributed by atoms with Crippen LogP contribution < -0.4 is 9.46 Å². The molecule has 1 N–H and O–H groups in total. The lowest BCUT2D eigenvalue weighted by Crippen LogP contribution is -2.29. The maximum absolute atomic E-state index is 12.5. The Morgan fingerprint density at radius 2 is 1.72 bits per heavy atom. The Bertz CT molecular complexity index is 772. The van der Waals surface area contributed by atoms with E-state index in [0.29, 0.717) is 5.75 Å². The van der Waals surface area contributed by atoms with Crippen molar-refractivity contribution >= 4 is 10.0 Å². The number of ether oxygens (including phenoxy) is 2. The number of hydrogen-bond acceptors (Lipinski definition) is 4. The molecule has 0 aliphatic heterocycles. The normalized spacial score (nSPS) is 12.8. The standard InChI is InChI=1S/C19H25NO4S/c1-4-7-15-10-12-16(13-11-15)25(21,22)20-14-19(24-3)17-8-5-6-9-18(17)23-2/h5-6,8-13,19-20H,4,7,14H2,1-3H3. The van der Waals surface area contributed by atoms with Gasteiger partial charge in [0.15, 0.2) is 0 Å². The van der Waals surface area contributed by atoms with Crippen molar-refractivity contribution in [3.8, 4) is 5.75 Å². The number of hydrogen-bond donors (Lipinski definition) is 1. The van der Waals surface area contributed by atoms with Crippen molar-refractivity contribution in [3.63, 3.8) is 0 Å². The molecule has 0 aromatic heterocycles. The second-order valence-electron chi connectivity index (χ2n) is 5.71. The Hall–Kier alpha value is -1.89. The maximum Gasteiger partial charge on any atom is 0.240 e. The zero-order valence-corrected chi connectivity index (χ0v) is 15.7. The zero-order valence-electron chi connectivity index (χ0n) is 14.9. The quantitative estimate of drug-likeness (QED) is 0.742. The largest absolute Gasteiger partial charge is 0.496 e. The average Bonchev–Trinajstić information content (AvgIpc) is 2.63. The van der Waals surface area contributed by atoms with Gasteiger partial charge in [-0.3, -0.25) is 0 Å². The topological polar surface area (TPSA) is 64.6 Å². The molecule has 25 heavy (non-hydrogen) atoms. The van der Waals surface area contributed by atoms with Gasteiger partial charge in [0.1, 0.15) is 5.75 Å². The molecule has 5 nitrogen and oxygen atoms in total. The number of methoxy groups -OCH3 is 2. The van der Waals surface area contributed by atoms with Gasteiger partial charge in [0, 0.05) is 19.2 Å². The lowest BCUT2D eigenvalue weighted by Gasteiger charge is -2.19. The third-order valence-electron chi connectivity index (χ3n) is 4.00. The van der Waals surface area contributed by atoms with Gasteiger partial charge in [-0.15, -0.1) is 0 Å². The van der Waals surface area contributed by atoms with Gasteiger partial charge in [-0.05, 0) is 30.2 Å². The highest BCUT2D eigenvalue weighted by Gasteiger charge is 2.20. The first kappa shape index (κ1) is 19.4. The number of rotatable bonds is 9. The maximum atomic E-state index is 12.5. The molecule has 136 valence electrons. The summed E-state index contributed by atoms with van der Waals surface area (Å²) in [6.45, 7) is 2.21. The molecule has 0 fully saturated rings. The molecule has 6 heteroatoms. The lowest BCUT2D eigenvalue weighted by atomic mass is 10.1. The smallest absolute Gasteiger partial charge is 0.240 e. The number of aryl methyl sites for hydroxylation is 1. The Labute approximate surface area is 150 Å². The van der Waals surface area contributed by atoms with Crippen LogP contribution in [0.1, 0.15) is 30.6 Å². The summed E-state index contributed by atoms with van der Waals surface area (Å²) >= 11 is 0. The number of para-hydroxylation sites is 1. The molecule has 0 aliphatic rings. The second-order valence-corrected chi connectivity index (χ2v) is 7.48. The zero-order chi connectivity index (χ0) is 18.3. The molecule has 0 radical (unpaired) electrons. The van der Waals surface area contributed by atoms with E-state index in [1.54, 1.807) is 26.4 Å². The van der Waals surface area contributed by atoms with Gasteiger partial charge >= 0.3 is 0 Å². The minimum Gasteiger partial charge on any atom is -0.496 e. The van der Waals surface area contributed by atoms with Gasteiger partial charge in [0.05, 0.1) is 18.1 Å². The molecular formula is C19H25NO4S. The van der Waals surface area contributed by atoms with Gasteiger partial charge in [-0.25, -0.2) is 13.1 Å². The van der Waals surface area contributed by atoms with E-state index in [-0.39, 0.29) is 11.4 Å². The van der Waals surface area contributed by atoms with Gasteiger partial charge in [-0.1, -0.05) is 43.7 Å². The fraction of sp³-hybridized carbons (Fsp3) is 0.368. The van der Waals surface area contributed by atoms with Gasteiger partial charge in [0.25, 0.3) is 0 Å². The van der Waals surface area contributed by atoms with E-state index in [4.69, 9.17) is 9.47 Å². The van der Waals surface area contributed by atoms with Crippen LogP contribution in [0.5, 0.6) is 5.75 Å². The van der Waals surface area contributed by atoms with Crippen molar-refractivity contribution < 1.29 is 17.9 Å². The molecule has 0 saturated carbocycles. The molecule has 2 rings (SSSR count). The number of benzene rings is 2. The third-order valence-corrected chi connectivity index (χ3v) is 5.44. The summed E-state index contributed by atoms with van der Waals surface area (Å²) in [5.74, 6) is 0.664. The molecule has 0 spiro atoms. The van der Waals surface area contributed by atoms with Gasteiger partial charge in [-0.2, -0.15) is 0 Å². The monoisotopic (exact) mass is 363 g/mol. The molecule has 1 atom stereocenters. The average molecular weight is 363 g/mol. The summed E-state index contributed by atoms with van der Waals surface area (Å²) in [4.78, 5) is 0.252. The van der Waals surface area contributed by atoms with Crippen LogP contribution in [0.25, 0.3) is 0 Å². The minimum absolute atomic E-state index is 0.121. The van der Waals surface area contributed by atoms with Gasteiger partial charge in [0.2, 0.25) is 10.0 Å². The molecule has 0 saturated heterocycles. The molecule has 0 aliphatic carbocycles. The van der Waals surface area contributed by atoms with Crippen molar-refractivity contribution in [3.05, 3.63) is 59.7 Å². The predicted octanol–water partition coefficient (Wildman–Crippen LogP) is 3.31. The fourth-order valence-corrected chi connectivity index (χ4v) is 3.68. The first-order chi connectivity index (χ1) is 12.0. The summed E-state index contributed by atoms with van der Waals surface area (Å²) < 4.78 is 38.4. The highest BCUT2D eigenvalue weighted by Crippen LogP contribution is 2.26. The lowest BCUT2D eigenvalue weighted by molar-refractivity contribution is 0.105. The summed E-state index contributed by atoms with van der Waals surface area (Å²) in [5, 5.41) is 0. The van der Waals surface area contributed by atoms with Crippen LogP contribution in [0.2, 0.25) is 0 Å². The molecule has 0 bridgehead atoms. The summed E-state index contributed by atoms with van der Waals surface area (Å²) in [5.41, 5.74) is 1.93. The highest BCUT2D eigenvalue weighted by molar-refractivity contribution is 7.89. The van der Waals surface area contributed by atoms with E-state index in [1.807, 2.05) is 36.4 Å². The Morgan fingerprint density at radius 1 is 1.04 bits per heavy atom. The predicted molar refractivity (Wildman–Crippen MR) is 98.4 cm³/mol. The van der Waals surface area contributed by atoms with E-state index in [1.165, 1.54) is 0 Å². The van der Waals surface area contributed by atoms with Crippen LogP contribution in [-0.2, 0) is 21.2 Å². The fourth-order valence-electron chi connectivity index (χ4n) is 2.65. The summed E-state index contributed by atoms with van der Waals surface area (Å²) in [6, 6.07) is 14.4. The SMILES string of the molecule is CCCc1ccc(S(=O)(=O)NCC(OC)c2ccccc2OC)cc1. The molecule has 2 aromatic carbocycles. The molecule has 0 amide bonds. The first-order valence-electron chi connectivity index (χ1n) is 8.26. The molecule has 0 heterocycles. The van der Waals surface area contributed by atoms with E-state index >= 15 is 0 Å².